The van der Waals surface area contributed by atoms with E-state index in [0.717, 1.165) is 0 Å². The van der Waals surface area contributed by atoms with Gasteiger partial charge < -0.3 is 26.4 Å². The number of amides is 3. The van der Waals surface area contributed by atoms with Crippen molar-refractivity contribution in [2.45, 2.75) is 57.0 Å². The van der Waals surface area contributed by atoms with Gasteiger partial charge in [-0.3, -0.25) is 14.4 Å². The predicted molar refractivity (Wildman–Crippen MR) is 154 cm³/mol. The zero-order chi connectivity index (χ0) is 31.4. The molecule has 3 aromatic carbocycles. The third-order valence-corrected chi connectivity index (χ3v) is 7.65. The van der Waals surface area contributed by atoms with Gasteiger partial charge in [0.1, 0.15) is 29.5 Å². The van der Waals surface area contributed by atoms with E-state index >= 15 is 0 Å². The molecular formula is C32H35F3N4O4. The first-order chi connectivity index (χ1) is 20.4. The van der Waals surface area contributed by atoms with Crippen LogP contribution in [0, 0.1) is 23.4 Å². The number of aliphatic hydroxyl groups is 1. The number of hydrogen-bond acceptors (Lipinski definition) is 5. The summed E-state index contributed by atoms with van der Waals surface area (Å²) in [4.78, 5) is 41.7. The maximum atomic E-state index is 14.0. The lowest BCUT2D eigenvalue weighted by Gasteiger charge is -2.32. The summed E-state index contributed by atoms with van der Waals surface area (Å²) < 4.78 is 41.2. The highest BCUT2D eigenvalue weighted by atomic mass is 19.1. The molecule has 4 rings (SSSR count). The number of carbonyl (C=O) groups is 3. The largest absolute Gasteiger partial charge is 0.390 e. The van der Waals surface area contributed by atoms with Crippen LogP contribution in [0.15, 0.2) is 72.8 Å². The van der Waals surface area contributed by atoms with Crippen molar-refractivity contribution < 1.29 is 32.7 Å². The van der Waals surface area contributed by atoms with Gasteiger partial charge in [0.2, 0.25) is 17.7 Å². The van der Waals surface area contributed by atoms with Gasteiger partial charge in [-0.05, 0) is 65.9 Å². The predicted octanol–water partition coefficient (Wildman–Crippen LogP) is 3.15. The molecular weight excluding hydrogens is 561 g/mol. The molecule has 0 aromatic heterocycles. The summed E-state index contributed by atoms with van der Waals surface area (Å²) in [5.74, 6) is -4.52. The van der Waals surface area contributed by atoms with Gasteiger partial charge in [0.25, 0.3) is 0 Å². The third kappa shape index (κ3) is 7.23. The molecule has 1 aliphatic heterocycles. The van der Waals surface area contributed by atoms with E-state index in [1.54, 1.807) is 13.8 Å². The SMILES string of the molecule is CC(C)[C@H](NC(=O)[C@H](C)N)C(=O)N1C[C@H](c2ccc(F)cc2)[C@@H](O)[C@H]1C(=O)NC(c1ccc(F)cc1)c1ccc(F)cc1. The second kappa shape index (κ2) is 13.4. The summed E-state index contributed by atoms with van der Waals surface area (Å²) in [6.07, 6.45) is -1.41. The number of nitrogens with zero attached hydrogens (tertiary/aromatic N) is 1. The van der Waals surface area contributed by atoms with Gasteiger partial charge in [0.15, 0.2) is 0 Å². The first-order valence-electron chi connectivity index (χ1n) is 14.0. The Kier molecular flexibility index (Phi) is 9.87. The number of nitrogens with one attached hydrogen (secondary N) is 2. The van der Waals surface area contributed by atoms with Crippen LogP contribution in [0.5, 0.6) is 0 Å². The Morgan fingerprint density at radius 2 is 1.28 bits per heavy atom. The van der Waals surface area contributed by atoms with Crippen LogP contribution >= 0.6 is 0 Å². The van der Waals surface area contributed by atoms with E-state index in [4.69, 9.17) is 5.73 Å². The highest BCUT2D eigenvalue weighted by Gasteiger charge is 2.49. The van der Waals surface area contributed by atoms with Gasteiger partial charge in [-0.25, -0.2) is 13.2 Å². The van der Waals surface area contributed by atoms with Crippen LogP contribution in [0.3, 0.4) is 0 Å². The molecule has 5 N–H and O–H groups in total. The van der Waals surface area contributed by atoms with Crippen molar-refractivity contribution in [1.29, 1.82) is 0 Å². The van der Waals surface area contributed by atoms with Crippen LogP contribution in [0.2, 0.25) is 0 Å². The fraction of sp³-hybridized carbons (Fsp3) is 0.344. The van der Waals surface area contributed by atoms with E-state index in [9.17, 15) is 32.7 Å². The van der Waals surface area contributed by atoms with Crippen LogP contribution in [-0.4, -0.2) is 58.5 Å². The Morgan fingerprint density at radius 1 is 0.814 bits per heavy atom. The normalized spacial score (nSPS) is 19.8. The van der Waals surface area contributed by atoms with Crippen molar-refractivity contribution in [1.82, 2.24) is 15.5 Å². The molecule has 3 amide bonds. The first-order valence-corrected chi connectivity index (χ1v) is 14.0. The summed E-state index contributed by atoms with van der Waals surface area (Å²) in [7, 11) is 0. The van der Waals surface area contributed by atoms with Crippen molar-refractivity contribution in [2.24, 2.45) is 11.7 Å². The minimum absolute atomic E-state index is 0.0985. The van der Waals surface area contributed by atoms with Gasteiger partial charge in [-0.2, -0.15) is 0 Å². The molecule has 0 unspecified atom stereocenters. The van der Waals surface area contributed by atoms with Crippen LogP contribution in [0.1, 0.15) is 49.4 Å². The molecule has 11 heteroatoms. The van der Waals surface area contributed by atoms with Crippen LogP contribution in [0.4, 0.5) is 13.2 Å². The maximum absolute atomic E-state index is 14.0. The smallest absolute Gasteiger partial charge is 0.246 e. The van der Waals surface area contributed by atoms with E-state index in [1.807, 2.05) is 0 Å². The molecule has 3 aromatic rings. The lowest BCUT2D eigenvalue weighted by Crippen LogP contribution is -2.58. The summed E-state index contributed by atoms with van der Waals surface area (Å²) in [6, 6.07) is 11.9. The molecule has 0 saturated carbocycles. The summed E-state index contributed by atoms with van der Waals surface area (Å²) in [5.41, 5.74) is 7.18. The molecule has 1 fully saturated rings. The van der Waals surface area contributed by atoms with Gasteiger partial charge in [0, 0.05) is 12.5 Å². The summed E-state index contributed by atoms with van der Waals surface area (Å²) in [6.45, 7) is 4.83. The molecule has 43 heavy (non-hydrogen) atoms. The molecule has 0 bridgehead atoms. The van der Waals surface area contributed by atoms with E-state index < -0.39 is 77.3 Å². The number of nitrogens with two attached hydrogens (primary N) is 1. The third-order valence-electron chi connectivity index (χ3n) is 7.65. The number of aliphatic hydroxyl groups excluding tert-OH is 1. The number of likely N-dealkylation sites (tertiary alicyclic amines) is 1. The standard InChI is InChI=1S/C32H35F3N4O4/c1-17(2)26(37-30(41)18(3)36)32(43)39-16-25(19-4-10-22(33)11-5-19)29(40)28(39)31(42)38-27(20-6-12-23(34)13-7-20)21-8-14-24(35)15-9-21/h4-15,17-18,25-29,40H,16,36H2,1-3H3,(H,37,41)(H,38,42)/t18-,25+,26-,28-,29+/m0/s1. The Morgan fingerprint density at radius 3 is 1.72 bits per heavy atom. The number of hydrogen-bond donors (Lipinski definition) is 4. The zero-order valence-electron chi connectivity index (χ0n) is 24.0. The molecule has 8 nitrogen and oxygen atoms in total. The molecule has 228 valence electrons. The molecule has 1 aliphatic rings. The number of benzene rings is 3. The number of rotatable bonds is 9. The van der Waals surface area contributed by atoms with Gasteiger partial charge >= 0.3 is 0 Å². The van der Waals surface area contributed by atoms with Crippen LogP contribution in [-0.2, 0) is 14.4 Å². The second-order valence-corrected chi connectivity index (χ2v) is 11.1. The van der Waals surface area contributed by atoms with Crippen LogP contribution in [0.25, 0.3) is 0 Å². The zero-order valence-corrected chi connectivity index (χ0v) is 24.0. The Hall–Kier alpha value is -4.22. The van der Waals surface area contributed by atoms with Crippen molar-refractivity contribution in [3.05, 3.63) is 107 Å². The van der Waals surface area contributed by atoms with E-state index in [2.05, 4.69) is 10.6 Å². The lowest BCUT2D eigenvalue weighted by molar-refractivity contribution is -0.144. The Balaban J connectivity index is 1.72. The molecule has 1 heterocycles. The van der Waals surface area contributed by atoms with Crippen LogP contribution < -0.4 is 16.4 Å². The number of halogens is 3. The van der Waals surface area contributed by atoms with Gasteiger partial charge in [-0.15, -0.1) is 0 Å². The quantitative estimate of drug-likeness (QED) is 0.302. The highest BCUT2D eigenvalue weighted by Crippen LogP contribution is 2.34. The molecule has 0 aliphatic carbocycles. The maximum Gasteiger partial charge on any atom is 0.246 e. The first kappa shape index (κ1) is 31.7. The van der Waals surface area contributed by atoms with E-state index in [0.29, 0.717) is 16.7 Å². The lowest BCUT2D eigenvalue weighted by atomic mass is 9.92. The highest BCUT2D eigenvalue weighted by molar-refractivity contribution is 5.94. The minimum atomic E-state index is -1.42. The monoisotopic (exact) mass is 596 g/mol. The fourth-order valence-electron chi connectivity index (χ4n) is 5.25. The average molecular weight is 597 g/mol. The van der Waals surface area contributed by atoms with E-state index in [1.165, 1.54) is 84.6 Å². The topological polar surface area (TPSA) is 125 Å². The molecule has 5 atom stereocenters. The molecule has 0 radical (unpaired) electrons. The summed E-state index contributed by atoms with van der Waals surface area (Å²) >= 11 is 0. The molecule has 1 saturated heterocycles. The minimum Gasteiger partial charge on any atom is -0.390 e. The Labute approximate surface area is 248 Å². The van der Waals surface area contributed by atoms with Gasteiger partial charge in [-0.1, -0.05) is 50.2 Å². The second-order valence-electron chi connectivity index (χ2n) is 11.1. The summed E-state index contributed by atoms with van der Waals surface area (Å²) in [5, 5.41) is 17.0. The van der Waals surface area contributed by atoms with Gasteiger partial charge in [0.05, 0.1) is 18.2 Å². The van der Waals surface area contributed by atoms with Crippen molar-refractivity contribution >= 4 is 17.7 Å². The average Bonchev–Trinajstić information content (AvgIpc) is 3.32. The van der Waals surface area contributed by atoms with Crippen molar-refractivity contribution in [3.63, 3.8) is 0 Å². The van der Waals surface area contributed by atoms with Crippen molar-refractivity contribution in [3.8, 4) is 0 Å². The number of carbonyl (C=O) groups excluding carboxylic acids is 3. The van der Waals surface area contributed by atoms with Crippen molar-refractivity contribution in [2.75, 3.05) is 6.54 Å². The fourth-order valence-corrected chi connectivity index (χ4v) is 5.25. The Bertz CT molecular complexity index is 1390. The van der Waals surface area contributed by atoms with E-state index in [-0.39, 0.29) is 6.54 Å². The molecule has 0 spiro atoms.